The van der Waals surface area contributed by atoms with Gasteiger partial charge in [0.2, 0.25) is 0 Å². The van der Waals surface area contributed by atoms with Crippen LogP contribution in [0.3, 0.4) is 0 Å². The van der Waals surface area contributed by atoms with Crippen molar-refractivity contribution in [3.05, 3.63) is 33.3 Å². The van der Waals surface area contributed by atoms with Gasteiger partial charge in [-0.3, -0.25) is 0 Å². The molecule has 0 radical (unpaired) electrons. The van der Waals surface area contributed by atoms with Crippen LogP contribution in [0.25, 0.3) is 0 Å². The molecule has 0 atom stereocenters. The molecule has 4 nitrogen and oxygen atoms in total. The molecule has 96 valence electrons. The smallest absolute Gasteiger partial charge is 0.134 e. The normalized spacial score (nSPS) is 10.6. The summed E-state index contributed by atoms with van der Waals surface area (Å²) >= 11 is 1.81. The van der Waals surface area contributed by atoms with Gasteiger partial charge in [0.05, 0.1) is 6.54 Å². The third-order valence-corrected chi connectivity index (χ3v) is 4.13. The van der Waals surface area contributed by atoms with Gasteiger partial charge in [0.1, 0.15) is 18.0 Å². The number of thiophene rings is 1. The van der Waals surface area contributed by atoms with Gasteiger partial charge in [-0.2, -0.15) is 0 Å². The monoisotopic (exact) mass is 262 g/mol. The third kappa shape index (κ3) is 2.61. The molecule has 2 aromatic heterocycles. The Balaban J connectivity index is 2.13. The van der Waals surface area contributed by atoms with E-state index >= 15 is 0 Å². The number of hydrogen-bond donors (Lipinski definition) is 2. The number of hydrogen-bond acceptors (Lipinski definition) is 5. The number of nitrogens with two attached hydrogens (primary N) is 1. The van der Waals surface area contributed by atoms with E-state index in [4.69, 9.17) is 5.73 Å². The van der Waals surface area contributed by atoms with E-state index in [2.05, 4.69) is 42.1 Å². The van der Waals surface area contributed by atoms with Crippen LogP contribution in [-0.2, 0) is 13.0 Å². The molecular weight excluding hydrogens is 244 g/mol. The summed E-state index contributed by atoms with van der Waals surface area (Å²) in [7, 11) is 0. The molecule has 0 saturated carbocycles. The van der Waals surface area contributed by atoms with E-state index in [0.29, 0.717) is 5.82 Å². The van der Waals surface area contributed by atoms with Gasteiger partial charge in [-0.15, -0.1) is 11.3 Å². The van der Waals surface area contributed by atoms with E-state index in [1.54, 1.807) is 0 Å². The Kier molecular flexibility index (Phi) is 3.81. The van der Waals surface area contributed by atoms with Crippen molar-refractivity contribution in [2.75, 3.05) is 11.1 Å². The molecule has 0 aliphatic rings. The zero-order chi connectivity index (χ0) is 13.1. The van der Waals surface area contributed by atoms with Crippen molar-refractivity contribution in [3.8, 4) is 0 Å². The zero-order valence-electron chi connectivity index (χ0n) is 10.9. The average molecular weight is 262 g/mol. The van der Waals surface area contributed by atoms with Crippen molar-refractivity contribution >= 4 is 23.0 Å². The summed E-state index contributed by atoms with van der Waals surface area (Å²) in [4.78, 5) is 10.9. The molecule has 0 aliphatic heterocycles. The lowest BCUT2D eigenvalue weighted by Gasteiger charge is -2.09. The first kappa shape index (κ1) is 12.8. The van der Waals surface area contributed by atoms with Crippen LogP contribution in [0.15, 0.2) is 12.4 Å². The fourth-order valence-corrected chi connectivity index (χ4v) is 2.83. The molecule has 2 heterocycles. The van der Waals surface area contributed by atoms with Crippen molar-refractivity contribution in [3.63, 3.8) is 0 Å². The van der Waals surface area contributed by atoms with E-state index < -0.39 is 0 Å². The molecule has 2 rings (SSSR count). The first-order valence-corrected chi connectivity index (χ1v) is 6.82. The molecule has 2 aromatic rings. The number of anilines is 2. The Labute approximate surface area is 111 Å². The van der Waals surface area contributed by atoms with E-state index in [0.717, 1.165) is 24.3 Å². The number of aryl methyl sites for hydroxylation is 2. The molecule has 0 bridgehead atoms. The standard InChI is InChI=1S/C13H18N4S/c1-4-11-12(14)16-7-17-13(11)15-6-10-5-8(2)9(3)18-10/h5,7H,4,6H2,1-3H3,(H3,14,15,16,17). The van der Waals surface area contributed by atoms with Gasteiger partial charge >= 0.3 is 0 Å². The summed E-state index contributed by atoms with van der Waals surface area (Å²) in [5, 5.41) is 3.34. The van der Waals surface area contributed by atoms with Gasteiger partial charge in [-0.25, -0.2) is 9.97 Å². The Morgan fingerprint density at radius 1 is 1.33 bits per heavy atom. The summed E-state index contributed by atoms with van der Waals surface area (Å²) in [5.41, 5.74) is 8.17. The van der Waals surface area contributed by atoms with Crippen molar-refractivity contribution in [1.29, 1.82) is 0 Å². The SMILES string of the molecule is CCc1c(N)ncnc1NCc1cc(C)c(C)s1. The number of rotatable bonds is 4. The predicted octanol–water partition coefficient (Wildman–Crippen LogP) is 2.91. The Bertz CT molecular complexity index is 528. The highest BCUT2D eigenvalue weighted by Gasteiger charge is 2.07. The van der Waals surface area contributed by atoms with E-state index in [9.17, 15) is 0 Å². The predicted molar refractivity (Wildman–Crippen MR) is 76.9 cm³/mol. The van der Waals surface area contributed by atoms with Gasteiger partial charge < -0.3 is 11.1 Å². The second-order valence-corrected chi connectivity index (χ2v) is 5.59. The second-order valence-electron chi connectivity index (χ2n) is 4.25. The molecule has 18 heavy (non-hydrogen) atoms. The fraction of sp³-hybridized carbons (Fsp3) is 0.385. The van der Waals surface area contributed by atoms with Crippen LogP contribution in [0.4, 0.5) is 11.6 Å². The van der Waals surface area contributed by atoms with Gasteiger partial charge in [0.25, 0.3) is 0 Å². The van der Waals surface area contributed by atoms with Crippen LogP contribution in [0.1, 0.15) is 27.8 Å². The first-order valence-electron chi connectivity index (χ1n) is 6.01. The van der Waals surface area contributed by atoms with Crippen LogP contribution in [0, 0.1) is 13.8 Å². The van der Waals surface area contributed by atoms with Crippen LogP contribution < -0.4 is 11.1 Å². The maximum atomic E-state index is 5.84. The maximum absolute atomic E-state index is 5.84. The van der Waals surface area contributed by atoms with Gasteiger partial charge in [0.15, 0.2) is 0 Å². The molecule has 3 N–H and O–H groups in total. The van der Waals surface area contributed by atoms with Crippen molar-refractivity contribution in [2.24, 2.45) is 0 Å². The summed E-state index contributed by atoms with van der Waals surface area (Å²) in [6.45, 7) is 7.11. The molecule has 0 spiro atoms. The van der Waals surface area contributed by atoms with Gasteiger partial charge in [-0.1, -0.05) is 6.92 Å². The van der Waals surface area contributed by atoms with Crippen molar-refractivity contribution < 1.29 is 0 Å². The molecule has 0 fully saturated rings. The summed E-state index contributed by atoms with van der Waals surface area (Å²) in [5.74, 6) is 1.40. The lowest BCUT2D eigenvalue weighted by atomic mass is 10.2. The van der Waals surface area contributed by atoms with Crippen LogP contribution in [0.5, 0.6) is 0 Å². The van der Waals surface area contributed by atoms with E-state index in [1.807, 2.05) is 11.3 Å². The number of nitrogen functional groups attached to an aromatic ring is 1. The zero-order valence-corrected chi connectivity index (χ0v) is 11.8. The average Bonchev–Trinajstić information content (AvgIpc) is 2.66. The minimum Gasteiger partial charge on any atom is -0.383 e. The highest BCUT2D eigenvalue weighted by molar-refractivity contribution is 7.12. The number of nitrogens with zero attached hydrogens (tertiary/aromatic N) is 2. The second kappa shape index (κ2) is 5.35. The third-order valence-electron chi connectivity index (χ3n) is 2.98. The molecule has 0 amide bonds. The van der Waals surface area contributed by atoms with Crippen LogP contribution in [0.2, 0.25) is 0 Å². The molecule has 0 aromatic carbocycles. The minimum absolute atomic E-state index is 0.563. The van der Waals surface area contributed by atoms with Gasteiger partial charge in [0, 0.05) is 15.3 Å². The highest BCUT2D eigenvalue weighted by atomic mass is 32.1. The van der Waals surface area contributed by atoms with Crippen molar-refractivity contribution in [1.82, 2.24) is 9.97 Å². The lowest BCUT2D eigenvalue weighted by Crippen LogP contribution is -2.07. The Morgan fingerprint density at radius 3 is 2.72 bits per heavy atom. The first-order chi connectivity index (χ1) is 8.61. The molecule has 5 heteroatoms. The Hall–Kier alpha value is -1.62. The maximum Gasteiger partial charge on any atom is 0.134 e. The van der Waals surface area contributed by atoms with Crippen LogP contribution >= 0.6 is 11.3 Å². The summed E-state index contributed by atoms with van der Waals surface area (Å²) in [6.07, 6.45) is 2.33. The fourth-order valence-electron chi connectivity index (χ4n) is 1.83. The topological polar surface area (TPSA) is 63.8 Å². The summed E-state index contributed by atoms with van der Waals surface area (Å²) in [6, 6.07) is 2.21. The quantitative estimate of drug-likeness (QED) is 0.889. The minimum atomic E-state index is 0.563. The Morgan fingerprint density at radius 2 is 2.11 bits per heavy atom. The largest absolute Gasteiger partial charge is 0.383 e. The highest BCUT2D eigenvalue weighted by Crippen LogP contribution is 2.23. The molecular formula is C13H18N4S. The summed E-state index contributed by atoms with van der Waals surface area (Å²) < 4.78 is 0. The van der Waals surface area contributed by atoms with Gasteiger partial charge in [-0.05, 0) is 31.9 Å². The van der Waals surface area contributed by atoms with Crippen LogP contribution in [-0.4, -0.2) is 9.97 Å². The molecule has 0 saturated heterocycles. The van der Waals surface area contributed by atoms with Crippen molar-refractivity contribution in [2.45, 2.75) is 33.7 Å². The number of aromatic nitrogens is 2. The molecule has 0 unspecified atom stereocenters. The van der Waals surface area contributed by atoms with E-state index in [-0.39, 0.29) is 0 Å². The molecule has 0 aliphatic carbocycles. The van der Waals surface area contributed by atoms with E-state index in [1.165, 1.54) is 21.6 Å². The lowest BCUT2D eigenvalue weighted by molar-refractivity contribution is 1.03. The number of nitrogens with one attached hydrogen (secondary N) is 1.